The molecule has 2 rings (SSSR count). The number of nitrogens with one attached hydrogen (secondary N) is 1. The molecule has 0 bridgehead atoms. The van der Waals surface area contributed by atoms with Gasteiger partial charge in [0.15, 0.2) is 0 Å². The predicted octanol–water partition coefficient (Wildman–Crippen LogP) is 3.56. The molecule has 0 spiro atoms. The van der Waals surface area contributed by atoms with Gasteiger partial charge in [-0.15, -0.1) is 31.4 Å². The van der Waals surface area contributed by atoms with Crippen LogP contribution in [0.4, 0.5) is 4.39 Å². The summed E-state index contributed by atoms with van der Waals surface area (Å²) in [6.07, 6.45) is 1.92. The fraction of sp³-hybridized carbons (Fsp3) is 0.385. The number of halogens is 4. The van der Waals surface area contributed by atoms with Gasteiger partial charge < -0.3 is 5.32 Å². The van der Waals surface area contributed by atoms with Gasteiger partial charge in [0.25, 0.3) is 0 Å². The zero-order valence-electron chi connectivity index (χ0n) is 10.4. The fourth-order valence-electron chi connectivity index (χ4n) is 2.15. The monoisotopic (exact) mass is 370 g/mol. The van der Waals surface area contributed by atoms with Crippen LogP contribution in [0.1, 0.15) is 11.6 Å². The first-order valence-corrected chi connectivity index (χ1v) is 6.54. The number of benzene rings is 1. The Kier molecular flexibility index (Phi) is 8.86. The highest BCUT2D eigenvalue weighted by Gasteiger charge is 2.19. The molecular weight excluding hydrogens is 354 g/mol. The smallest absolute Gasteiger partial charge is 0.137 e. The maximum absolute atomic E-state index is 13.2. The molecule has 1 aromatic rings. The lowest BCUT2D eigenvalue weighted by Gasteiger charge is -2.33. The first-order chi connectivity index (χ1) is 8.22. The molecule has 1 heterocycles. The molecule has 0 aliphatic carbocycles. The lowest BCUT2D eigenvalue weighted by Crippen LogP contribution is -2.44. The second-order valence-corrected chi connectivity index (χ2v) is 4.99. The van der Waals surface area contributed by atoms with Crippen molar-refractivity contribution < 1.29 is 4.39 Å². The molecule has 2 nitrogen and oxygen atoms in total. The summed E-state index contributed by atoms with van der Waals surface area (Å²) in [7, 11) is 0. The van der Waals surface area contributed by atoms with Crippen molar-refractivity contribution in [1.82, 2.24) is 10.2 Å². The van der Waals surface area contributed by atoms with Crippen molar-refractivity contribution in [3.05, 3.63) is 46.7 Å². The van der Waals surface area contributed by atoms with Crippen LogP contribution in [0.3, 0.4) is 0 Å². The average Bonchev–Trinajstić information content (AvgIpc) is 2.36. The minimum Gasteiger partial charge on any atom is -0.314 e. The molecule has 0 radical (unpaired) electrons. The lowest BCUT2D eigenvalue weighted by molar-refractivity contribution is 0.203. The second-order valence-electron chi connectivity index (χ2n) is 4.14. The SMILES string of the molecule is C=C[C@@H](c1ccc(F)c(Br)c1)N1CCNCC1.Cl.Cl. The number of hydrogen-bond donors (Lipinski definition) is 1. The molecule has 1 N–H and O–H groups in total. The van der Waals surface area contributed by atoms with E-state index in [0.717, 1.165) is 31.7 Å². The van der Waals surface area contributed by atoms with Crippen molar-refractivity contribution in [2.75, 3.05) is 26.2 Å². The normalized spacial score (nSPS) is 16.9. The molecule has 1 aliphatic heterocycles. The van der Waals surface area contributed by atoms with E-state index in [0.29, 0.717) is 4.47 Å². The van der Waals surface area contributed by atoms with E-state index in [1.54, 1.807) is 0 Å². The van der Waals surface area contributed by atoms with Gasteiger partial charge in [0.05, 0.1) is 10.5 Å². The molecule has 0 aromatic heterocycles. The van der Waals surface area contributed by atoms with Crippen LogP contribution in [0.15, 0.2) is 35.3 Å². The van der Waals surface area contributed by atoms with Gasteiger partial charge in [-0.3, -0.25) is 4.90 Å². The maximum Gasteiger partial charge on any atom is 0.137 e. The molecule has 19 heavy (non-hydrogen) atoms. The molecular formula is C13H18BrCl2FN2. The van der Waals surface area contributed by atoms with E-state index in [2.05, 4.69) is 32.7 Å². The highest BCUT2D eigenvalue weighted by atomic mass is 79.9. The van der Waals surface area contributed by atoms with Gasteiger partial charge in [0, 0.05) is 26.2 Å². The molecule has 1 aromatic carbocycles. The van der Waals surface area contributed by atoms with Crippen LogP contribution in [-0.2, 0) is 0 Å². The Balaban J connectivity index is 0.00000162. The molecule has 1 aliphatic rings. The van der Waals surface area contributed by atoms with E-state index in [9.17, 15) is 4.39 Å². The summed E-state index contributed by atoms with van der Waals surface area (Å²) >= 11 is 3.23. The minimum atomic E-state index is -0.225. The standard InChI is InChI=1S/C13H16BrFN2.2ClH/c1-2-13(17-7-5-16-6-8-17)10-3-4-12(15)11(14)9-10;;/h2-4,9,13,16H,1,5-8H2;2*1H/t13-;;/m0../s1. The summed E-state index contributed by atoms with van der Waals surface area (Å²) in [4.78, 5) is 2.35. The fourth-order valence-corrected chi connectivity index (χ4v) is 2.55. The Hall–Kier alpha value is -0.130. The van der Waals surface area contributed by atoms with Gasteiger partial charge in [-0.05, 0) is 33.6 Å². The van der Waals surface area contributed by atoms with E-state index in [1.807, 2.05) is 18.2 Å². The Labute approximate surface area is 134 Å². The van der Waals surface area contributed by atoms with Crippen LogP contribution in [0.2, 0.25) is 0 Å². The molecule has 1 fully saturated rings. The van der Waals surface area contributed by atoms with Crippen LogP contribution in [0.25, 0.3) is 0 Å². The van der Waals surface area contributed by atoms with Crippen molar-refractivity contribution in [1.29, 1.82) is 0 Å². The first kappa shape index (κ1) is 18.9. The van der Waals surface area contributed by atoms with Crippen molar-refractivity contribution in [3.8, 4) is 0 Å². The first-order valence-electron chi connectivity index (χ1n) is 5.74. The summed E-state index contributed by atoms with van der Waals surface area (Å²) in [6.45, 7) is 7.86. The van der Waals surface area contributed by atoms with Crippen LogP contribution in [0.5, 0.6) is 0 Å². The maximum atomic E-state index is 13.2. The van der Waals surface area contributed by atoms with Gasteiger partial charge in [-0.1, -0.05) is 12.1 Å². The molecule has 1 atom stereocenters. The van der Waals surface area contributed by atoms with E-state index < -0.39 is 0 Å². The minimum absolute atomic E-state index is 0. The molecule has 0 saturated carbocycles. The quantitative estimate of drug-likeness (QED) is 0.817. The third-order valence-corrected chi connectivity index (χ3v) is 3.66. The highest BCUT2D eigenvalue weighted by Crippen LogP contribution is 2.26. The van der Waals surface area contributed by atoms with Gasteiger partial charge in [0.2, 0.25) is 0 Å². The summed E-state index contributed by atoms with van der Waals surface area (Å²) in [6, 6.07) is 5.32. The van der Waals surface area contributed by atoms with Crippen molar-refractivity contribution in [3.63, 3.8) is 0 Å². The van der Waals surface area contributed by atoms with Gasteiger partial charge in [-0.2, -0.15) is 0 Å². The summed E-state index contributed by atoms with van der Waals surface area (Å²) in [5, 5.41) is 3.32. The zero-order chi connectivity index (χ0) is 12.3. The lowest BCUT2D eigenvalue weighted by atomic mass is 10.0. The van der Waals surface area contributed by atoms with E-state index in [-0.39, 0.29) is 36.7 Å². The third-order valence-electron chi connectivity index (χ3n) is 3.05. The molecule has 0 unspecified atom stereocenters. The number of rotatable bonds is 3. The van der Waals surface area contributed by atoms with Crippen molar-refractivity contribution in [2.45, 2.75) is 6.04 Å². The average molecular weight is 372 g/mol. The van der Waals surface area contributed by atoms with E-state index >= 15 is 0 Å². The Morgan fingerprint density at radius 2 is 1.95 bits per heavy atom. The van der Waals surface area contributed by atoms with Gasteiger partial charge >= 0.3 is 0 Å². The van der Waals surface area contributed by atoms with E-state index in [1.165, 1.54) is 6.07 Å². The molecule has 108 valence electrons. The number of nitrogens with zero attached hydrogens (tertiary/aromatic N) is 1. The molecule has 6 heteroatoms. The van der Waals surface area contributed by atoms with Gasteiger partial charge in [0.1, 0.15) is 5.82 Å². The summed E-state index contributed by atoms with van der Waals surface area (Å²) < 4.78 is 13.7. The third kappa shape index (κ3) is 4.72. The van der Waals surface area contributed by atoms with Crippen LogP contribution < -0.4 is 5.32 Å². The van der Waals surface area contributed by atoms with Crippen LogP contribution in [-0.4, -0.2) is 31.1 Å². The number of hydrogen-bond acceptors (Lipinski definition) is 2. The zero-order valence-corrected chi connectivity index (χ0v) is 13.7. The Morgan fingerprint density at radius 3 is 2.47 bits per heavy atom. The summed E-state index contributed by atoms with van der Waals surface area (Å²) in [5.74, 6) is -0.225. The van der Waals surface area contributed by atoms with E-state index in [4.69, 9.17) is 0 Å². The number of piperazine rings is 1. The Bertz CT molecular complexity index is 412. The summed E-state index contributed by atoms with van der Waals surface area (Å²) in [5.41, 5.74) is 1.08. The predicted molar refractivity (Wildman–Crippen MR) is 86.0 cm³/mol. The molecule has 1 saturated heterocycles. The topological polar surface area (TPSA) is 15.3 Å². The molecule has 0 amide bonds. The van der Waals surface area contributed by atoms with Gasteiger partial charge in [-0.25, -0.2) is 4.39 Å². The van der Waals surface area contributed by atoms with Crippen molar-refractivity contribution in [2.24, 2.45) is 0 Å². The van der Waals surface area contributed by atoms with Crippen LogP contribution in [0, 0.1) is 5.82 Å². The largest absolute Gasteiger partial charge is 0.314 e. The van der Waals surface area contributed by atoms with Crippen molar-refractivity contribution >= 4 is 40.7 Å². The second kappa shape index (κ2) is 8.93. The highest BCUT2D eigenvalue weighted by molar-refractivity contribution is 9.10. The Morgan fingerprint density at radius 1 is 1.32 bits per heavy atom. The van der Waals surface area contributed by atoms with Crippen LogP contribution >= 0.6 is 40.7 Å².